The van der Waals surface area contributed by atoms with Crippen molar-refractivity contribution in [2.45, 2.75) is 6.92 Å². The van der Waals surface area contributed by atoms with Crippen molar-refractivity contribution >= 4 is 56.4 Å². The van der Waals surface area contributed by atoms with Gasteiger partial charge in [-0.25, -0.2) is 4.79 Å². The average molecular weight is 375 g/mol. The van der Waals surface area contributed by atoms with Crippen LogP contribution in [0.4, 0.5) is 5.69 Å². The van der Waals surface area contributed by atoms with E-state index < -0.39 is 5.97 Å². The molecule has 2 aromatic rings. The molecule has 2 N–H and O–H groups in total. The number of carboxylic acid groups (broad SMARTS) is 1. The van der Waals surface area contributed by atoms with E-state index in [-0.39, 0.29) is 11.5 Å². The molecule has 0 atom stereocenters. The molecular weight excluding hydrogens is 366 g/mol. The summed E-state index contributed by atoms with van der Waals surface area (Å²) in [5.41, 5.74) is 1.31. The average Bonchev–Trinajstić information content (AvgIpc) is 2.69. The van der Waals surface area contributed by atoms with Gasteiger partial charge in [0.25, 0.3) is 5.91 Å². The van der Waals surface area contributed by atoms with Gasteiger partial charge in [-0.2, -0.15) is 0 Å². The number of benzene rings is 1. The summed E-state index contributed by atoms with van der Waals surface area (Å²) in [5.74, 6) is -1.42. The summed E-state index contributed by atoms with van der Waals surface area (Å²) in [7, 11) is 0. The first-order valence-electron chi connectivity index (χ1n) is 5.47. The minimum absolute atomic E-state index is 0.0862. The Kier molecular flexibility index (Phi) is 4.47. The van der Waals surface area contributed by atoms with Crippen molar-refractivity contribution in [2.24, 2.45) is 0 Å². The Hall–Kier alpha value is -1.37. The number of halogens is 2. The molecule has 0 unspecified atom stereocenters. The van der Waals surface area contributed by atoms with Crippen LogP contribution in [-0.4, -0.2) is 17.0 Å². The standard InChI is InChI=1S/C13H9BrClNO3S/c1-6-5-20-11(10(6)15)12(17)16-9-3-7(13(18)19)2-8(14)4-9/h2-5H,1H3,(H,16,17)(H,18,19). The monoisotopic (exact) mass is 373 g/mol. The van der Waals surface area contributed by atoms with Gasteiger partial charge in [0.15, 0.2) is 0 Å². The van der Waals surface area contributed by atoms with E-state index in [0.29, 0.717) is 20.1 Å². The van der Waals surface area contributed by atoms with Gasteiger partial charge in [0.05, 0.1) is 10.6 Å². The number of carbonyl (C=O) groups excluding carboxylic acids is 1. The van der Waals surface area contributed by atoms with Crippen molar-refractivity contribution < 1.29 is 14.7 Å². The van der Waals surface area contributed by atoms with Gasteiger partial charge in [-0.1, -0.05) is 27.5 Å². The molecule has 0 aliphatic carbocycles. The SMILES string of the molecule is Cc1csc(C(=O)Nc2cc(Br)cc(C(=O)O)c2)c1Cl. The molecule has 0 aliphatic heterocycles. The molecule has 4 nitrogen and oxygen atoms in total. The quantitative estimate of drug-likeness (QED) is 0.835. The first-order valence-corrected chi connectivity index (χ1v) is 7.52. The summed E-state index contributed by atoms with van der Waals surface area (Å²) in [6.07, 6.45) is 0. The Morgan fingerprint density at radius 2 is 2.05 bits per heavy atom. The van der Waals surface area contributed by atoms with E-state index in [1.807, 2.05) is 6.92 Å². The van der Waals surface area contributed by atoms with E-state index in [0.717, 1.165) is 5.56 Å². The van der Waals surface area contributed by atoms with E-state index in [9.17, 15) is 9.59 Å². The van der Waals surface area contributed by atoms with Crippen LogP contribution in [0.15, 0.2) is 28.1 Å². The Labute approximate surface area is 132 Å². The number of rotatable bonds is 3. The highest BCUT2D eigenvalue weighted by Gasteiger charge is 2.15. The second kappa shape index (κ2) is 5.95. The molecule has 7 heteroatoms. The lowest BCUT2D eigenvalue weighted by Crippen LogP contribution is -2.11. The zero-order valence-corrected chi connectivity index (χ0v) is 13.4. The summed E-state index contributed by atoms with van der Waals surface area (Å²) in [6.45, 7) is 1.82. The number of anilines is 1. The number of nitrogens with one attached hydrogen (secondary N) is 1. The number of hydrogen-bond donors (Lipinski definition) is 2. The molecule has 1 aromatic heterocycles. The van der Waals surface area contributed by atoms with Gasteiger partial charge >= 0.3 is 5.97 Å². The number of aromatic carboxylic acids is 1. The first-order chi connectivity index (χ1) is 9.38. The first kappa shape index (κ1) is 15.0. The molecule has 2 rings (SSSR count). The Morgan fingerprint density at radius 3 is 2.60 bits per heavy atom. The van der Waals surface area contributed by atoms with E-state index in [1.54, 1.807) is 11.4 Å². The molecule has 1 heterocycles. The number of hydrogen-bond acceptors (Lipinski definition) is 3. The third-order valence-electron chi connectivity index (χ3n) is 2.51. The Morgan fingerprint density at radius 1 is 1.35 bits per heavy atom. The zero-order chi connectivity index (χ0) is 14.9. The molecule has 0 bridgehead atoms. The van der Waals surface area contributed by atoms with Crippen molar-refractivity contribution in [1.29, 1.82) is 0 Å². The fourth-order valence-electron chi connectivity index (χ4n) is 1.56. The van der Waals surface area contributed by atoms with E-state index in [2.05, 4.69) is 21.2 Å². The second-order valence-electron chi connectivity index (χ2n) is 4.05. The smallest absolute Gasteiger partial charge is 0.335 e. The van der Waals surface area contributed by atoms with Crippen LogP contribution in [0.2, 0.25) is 5.02 Å². The van der Waals surface area contributed by atoms with Crippen LogP contribution < -0.4 is 5.32 Å². The van der Waals surface area contributed by atoms with Gasteiger partial charge in [-0.3, -0.25) is 4.79 Å². The predicted molar refractivity (Wildman–Crippen MR) is 83.1 cm³/mol. The molecule has 0 saturated carbocycles. The molecule has 0 spiro atoms. The van der Waals surface area contributed by atoms with E-state index in [4.69, 9.17) is 16.7 Å². The molecule has 0 radical (unpaired) electrons. The van der Waals surface area contributed by atoms with E-state index in [1.165, 1.54) is 23.5 Å². The van der Waals surface area contributed by atoms with Crippen molar-refractivity contribution in [2.75, 3.05) is 5.32 Å². The van der Waals surface area contributed by atoms with Gasteiger partial charge in [-0.05, 0) is 36.1 Å². The molecule has 1 aromatic carbocycles. The lowest BCUT2D eigenvalue weighted by molar-refractivity contribution is 0.0696. The van der Waals surface area contributed by atoms with Gasteiger partial charge in [0.1, 0.15) is 4.88 Å². The van der Waals surface area contributed by atoms with Crippen LogP contribution >= 0.6 is 38.9 Å². The summed E-state index contributed by atoms with van der Waals surface area (Å²) in [5, 5.41) is 13.8. The lowest BCUT2D eigenvalue weighted by atomic mass is 10.2. The Bertz CT molecular complexity index is 699. The lowest BCUT2D eigenvalue weighted by Gasteiger charge is -2.06. The highest BCUT2D eigenvalue weighted by molar-refractivity contribution is 9.10. The van der Waals surface area contributed by atoms with Crippen LogP contribution in [0.5, 0.6) is 0 Å². The maximum atomic E-state index is 12.1. The fraction of sp³-hybridized carbons (Fsp3) is 0.0769. The van der Waals surface area contributed by atoms with Crippen LogP contribution in [0, 0.1) is 6.92 Å². The third-order valence-corrected chi connectivity index (χ3v) is 4.66. The number of aryl methyl sites for hydroxylation is 1. The van der Waals surface area contributed by atoms with Gasteiger partial charge in [0, 0.05) is 10.2 Å². The number of carboxylic acids is 1. The van der Waals surface area contributed by atoms with Gasteiger partial charge < -0.3 is 10.4 Å². The molecule has 20 heavy (non-hydrogen) atoms. The summed E-state index contributed by atoms with van der Waals surface area (Å²) < 4.78 is 0.571. The van der Waals surface area contributed by atoms with Gasteiger partial charge in [0.2, 0.25) is 0 Å². The van der Waals surface area contributed by atoms with Crippen LogP contribution in [-0.2, 0) is 0 Å². The molecule has 0 aliphatic rings. The maximum absolute atomic E-state index is 12.1. The Balaban J connectivity index is 2.28. The largest absolute Gasteiger partial charge is 0.478 e. The number of carbonyl (C=O) groups is 2. The molecule has 0 saturated heterocycles. The third kappa shape index (κ3) is 3.20. The maximum Gasteiger partial charge on any atom is 0.335 e. The van der Waals surface area contributed by atoms with Crippen LogP contribution in [0.3, 0.4) is 0 Å². The van der Waals surface area contributed by atoms with Gasteiger partial charge in [-0.15, -0.1) is 11.3 Å². The minimum Gasteiger partial charge on any atom is -0.478 e. The van der Waals surface area contributed by atoms with Crippen molar-refractivity contribution in [1.82, 2.24) is 0 Å². The zero-order valence-electron chi connectivity index (χ0n) is 10.2. The molecule has 1 amide bonds. The van der Waals surface area contributed by atoms with Crippen LogP contribution in [0.1, 0.15) is 25.6 Å². The topological polar surface area (TPSA) is 66.4 Å². The summed E-state index contributed by atoms with van der Waals surface area (Å²) in [6, 6.07) is 4.47. The molecule has 104 valence electrons. The second-order valence-corrected chi connectivity index (χ2v) is 6.22. The normalized spacial score (nSPS) is 10.3. The summed E-state index contributed by atoms with van der Waals surface area (Å²) >= 11 is 10.5. The van der Waals surface area contributed by atoms with Crippen LogP contribution in [0.25, 0.3) is 0 Å². The minimum atomic E-state index is -1.06. The van der Waals surface area contributed by atoms with Crippen molar-refractivity contribution in [3.05, 3.63) is 49.1 Å². The fourth-order valence-corrected chi connectivity index (χ4v) is 3.22. The number of thiophene rings is 1. The predicted octanol–water partition coefficient (Wildman–Crippen LogP) is 4.42. The highest BCUT2D eigenvalue weighted by atomic mass is 79.9. The molecular formula is C13H9BrClNO3S. The molecule has 0 fully saturated rings. The summed E-state index contributed by atoms with van der Waals surface area (Å²) in [4.78, 5) is 23.5. The number of amides is 1. The highest BCUT2D eigenvalue weighted by Crippen LogP contribution is 2.28. The van der Waals surface area contributed by atoms with Crippen molar-refractivity contribution in [3.8, 4) is 0 Å². The van der Waals surface area contributed by atoms with E-state index >= 15 is 0 Å². The van der Waals surface area contributed by atoms with Crippen molar-refractivity contribution in [3.63, 3.8) is 0 Å².